The van der Waals surface area contributed by atoms with Gasteiger partial charge in [0.05, 0.1) is 18.6 Å². The molecule has 3 N–H and O–H groups in total. The fourth-order valence-electron chi connectivity index (χ4n) is 2.51. The summed E-state index contributed by atoms with van der Waals surface area (Å²) in [7, 11) is 0. The van der Waals surface area contributed by atoms with Crippen LogP contribution in [0.25, 0.3) is 0 Å². The van der Waals surface area contributed by atoms with E-state index in [1.807, 2.05) is 13.8 Å². The molecular weight excluding hydrogens is 299 g/mol. The molecule has 23 heavy (non-hydrogen) atoms. The summed E-state index contributed by atoms with van der Waals surface area (Å²) in [6.45, 7) is 3.72. The molecule has 128 valence electrons. The third kappa shape index (κ3) is 7.23. The van der Waals surface area contributed by atoms with Crippen LogP contribution in [0.4, 0.5) is 10.1 Å². The Hall–Kier alpha value is -1.95. The van der Waals surface area contributed by atoms with Gasteiger partial charge >= 0.3 is 0 Å². The zero-order chi connectivity index (χ0) is 17.3. The van der Waals surface area contributed by atoms with Crippen LogP contribution in [0.2, 0.25) is 0 Å². The number of halogens is 1. The fraction of sp³-hybridized carbons (Fsp3) is 0.529. The Morgan fingerprint density at radius 1 is 1.09 bits per heavy atom. The molecule has 0 unspecified atom stereocenters. The summed E-state index contributed by atoms with van der Waals surface area (Å²) in [6, 6.07) is 5.36. The Morgan fingerprint density at radius 3 is 2.17 bits per heavy atom. The van der Waals surface area contributed by atoms with Crippen molar-refractivity contribution in [3.8, 4) is 0 Å². The van der Waals surface area contributed by atoms with Gasteiger partial charge in [-0.1, -0.05) is 26.7 Å². The van der Waals surface area contributed by atoms with Crippen LogP contribution >= 0.6 is 0 Å². The van der Waals surface area contributed by atoms with Gasteiger partial charge in [-0.3, -0.25) is 9.59 Å². The number of carbonyl (C=O) groups excluding carboxylic acids is 2. The molecule has 2 amide bonds. The summed E-state index contributed by atoms with van der Waals surface area (Å²) in [4.78, 5) is 23.6. The van der Waals surface area contributed by atoms with Crippen molar-refractivity contribution in [3.05, 3.63) is 30.1 Å². The summed E-state index contributed by atoms with van der Waals surface area (Å²) < 4.78 is 12.8. The minimum Gasteiger partial charge on any atom is -0.389 e. The number of rotatable bonds is 9. The van der Waals surface area contributed by atoms with E-state index < -0.39 is 11.5 Å². The van der Waals surface area contributed by atoms with Gasteiger partial charge in [0.1, 0.15) is 5.82 Å². The first-order valence-electron chi connectivity index (χ1n) is 7.93. The molecule has 0 aliphatic rings. The van der Waals surface area contributed by atoms with Crippen LogP contribution < -0.4 is 10.6 Å². The zero-order valence-corrected chi connectivity index (χ0v) is 13.7. The normalized spacial score (nSPS) is 11.1. The van der Waals surface area contributed by atoms with Gasteiger partial charge < -0.3 is 15.7 Å². The van der Waals surface area contributed by atoms with Crippen molar-refractivity contribution in [1.82, 2.24) is 5.32 Å². The maximum absolute atomic E-state index is 12.8. The predicted molar refractivity (Wildman–Crippen MR) is 87.4 cm³/mol. The van der Waals surface area contributed by atoms with E-state index in [4.69, 9.17) is 0 Å². The number of nitrogens with one attached hydrogen (secondary N) is 2. The van der Waals surface area contributed by atoms with Gasteiger partial charge in [-0.25, -0.2) is 4.39 Å². The summed E-state index contributed by atoms with van der Waals surface area (Å²) in [5.41, 5.74) is -0.555. The van der Waals surface area contributed by atoms with E-state index in [9.17, 15) is 19.1 Å². The molecule has 0 aliphatic heterocycles. The monoisotopic (exact) mass is 324 g/mol. The lowest BCUT2D eigenvalue weighted by molar-refractivity contribution is -0.128. The van der Waals surface area contributed by atoms with E-state index in [1.54, 1.807) is 0 Å². The maximum atomic E-state index is 12.8. The van der Waals surface area contributed by atoms with E-state index in [0.717, 1.165) is 12.8 Å². The van der Waals surface area contributed by atoms with E-state index in [0.29, 0.717) is 18.5 Å². The second-order valence-corrected chi connectivity index (χ2v) is 5.73. The molecule has 0 fully saturated rings. The topological polar surface area (TPSA) is 78.4 Å². The molecule has 0 bridgehead atoms. The average molecular weight is 324 g/mol. The van der Waals surface area contributed by atoms with Crippen molar-refractivity contribution in [2.45, 2.75) is 51.6 Å². The molecule has 0 heterocycles. The Balaban J connectivity index is 2.42. The van der Waals surface area contributed by atoms with E-state index in [2.05, 4.69) is 10.6 Å². The largest absolute Gasteiger partial charge is 0.389 e. The van der Waals surface area contributed by atoms with Crippen molar-refractivity contribution in [1.29, 1.82) is 0 Å². The summed E-state index contributed by atoms with van der Waals surface area (Å²) in [6.07, 6.45) is 2.66. The second kappa shape index (κ2) is 9.25. The Bertz CT molecular complexity index is 511. The van der Waals surface area contributed by atoms with Crippen molar-refractivity contribution in [2.75, 3.05) is 11.9 Å². The lowest BCUT2D eigenvalue weighted by Gasteiger charge is -2.26. The molecule has 6 heteroatoms. The number of aliphatic hydroxyl groups is 1. The van der Waals surface area contributed by atoms with E-state index in [1.165, 1.54) is 24.3 Å². The Kier molecular flexibility index (Phi) is 7.68. The summed E-state index contributed by atoms with van der Waals surface area (Å²) in [5, 5.41) is 15.5. The second-order valence-electron chi connectivity index (χ2n) is 5.73. The van der Waals surface area contributed by atoms with Crippen molar-refractivity contribution < 1.29 is 19.1 Å². The number of hydrogen-bond acceptors (Lipinski definition) is 3. The molecule has 1 aromatic rings. The molecule has 0 saturated carbocycles. The molecule has 5 nitrogen and oxygen atoms in total. The molecule has 0 spiro atoms. The molecule has 1 aromatic carbocycles. The molecule has 0 radical (unpaired) electrons. The zero-order valence-electron chi connectivity index (χ0n) is 13.7. The van der Waals surface area contributed by atoms with Crippen LogP contribution in [0.3, 0.4) is 0 Å². The average Bonchev–Trinajstić information content (AvgIpc) is 2.48. The highest BCUT2D eigenvalue weighted by Crippen LogP contribution is 2.23. The van der Waals surface area contributed by atoms with Crippen LogP contribution in [-0.2, 0) is 9.59 Å². The minimum atomic E-state index is -1.01. The van der Waals surface area contributed by atoms with E-state index in [-0.39, 0.29) is 24.7 Å². The number of carbonyl (C=O) groups is 2. The standard InChI is InChI=1S/C17H25FN2O3/c1-3-9-17(23,10-4-2)11-15(21)19-12-16(22)20-14-7-5-13(18)6-8-14/h5-8,23H,3-4,9-12H2,1-2H3,(H,19,21)(H,20,22). The first kappa shape index (κ1) is 19.1. The van der Waals surface area contributed by atoms with Gasteiger partial charge in [-0.2, -0.15) is 0 Å². The van der Waals surface area contributed by atoms with Gasteiger partial charge in [0.2, 0.25) is 11.8 Å². The van der Waals surface area contributed by atoms with Gasteiger partial charge in [0.25, 0.3) is 0 Å². The minimum absolute atomic E-state index is 0.0154. The first-order valence-corrected chi connectivity index (χ1v) is 7.93. The molecule has 0 aromatic heterocycles. The lowest BCUT2D eigenvalue weighted by Crippen LogP contribution is -2.39. The van der Waals surface area contributed by atoms with Crippen molar-refractivity contribution in [3.63, 3.8) is 0 Å². The van der Waals surface area contributed by atoms with Crippen LogP contribution in [-0.4, -0.2) is 29.1 Å². The molecular formula is C17H25FN2O3. The highest BCUT2D eigenvalue weighted by molar-refractivity contribution is 5.94. The Labute approximate surface area is 136 Å². The third-order valence-electron chi connectivity index (χ3n) is 3.49. The van der Waals surface area contributed by atoms with Crippen molar-refractivity contribution in [2.24, 2.45) is 0 Å². The molecule has 1 rings (SSSR count). The lowest BCUT2D eigenvalue weighted by atomic mass is 9.89. The molecule has 0 saturated heterocycles. The van der Waals surface area contributed by atoms with Gasteiger partial charge in [-0.15, -0.1) is 0 Å². The van der Waals surface area contributed by atoms with Crippen LogP contribution in [0.5, 0.6) is 0 Å². The molecule has 0 atom stereocenters. The van der Waals surface area contributed by atoms with Crippen LogP contribution in [0.15, 0.2) is 24.3 Å². The SMILES string of the molecule is CCCC(O)(CCC)CC(=O)NCC(=O)Nc1ccc(F)cc1. The maximum Gasteiger partial charge on any atom is 0.243 e. The van der Waals surface area contributed by atoms with Gasteiger partial charge in [0.15, 0.2) is 0 Å². The molecule has 0 aliphatic carbocycles. The third-order valence-corrected chi connectivity index (χ3v) is 3.49. The number of benzene rings is 1. The fourth-order valence-corrected chi connectivity index (χ4v) is 2.51. The van der Waals surface area contributed by atoms with E-state index >= 15 is 0 Å². The first-order chi connectivity index (χ1) is 10.9. The number of anilines is 1. The smallest absolute Gasteiger partial charge is 0.243 e. The number of amides is 2. The van der Waals surface area contributed by atoms with Gasteiger partial charge in [-0.05, 0) is 37.1 Å². The van der Waals surface area contributed by atoms with Crippen LogP contribution in [0, 0.1) is 5.82 Å². The summed E-state index contributed by atoms with van der Waals surface area (Å²) >= 11 is 0. The quantitative estimate of drug-likeness (QED) is 0.653. The predicted octanol–water partition coefficient (Wildman–Crippen LogP) is 2.60. The van der Waals surface area contributed by atoms with Gasteiger partial charge in [0, 0.05) is 5.69 Å². The highest BCUT2D eigenvalue weighted by atomic mass is 19.1. The van der Waals surface area contributed by atoms with Crippen LogP contribution in [0.1, 0.15) is 46.0 Å². The highest BCUT2D eigenvalue weighted by Gasteiger charge is 2.28. The number of hydrogen-bond donors (Lipinski definition) is 3. The van der Waals surface area contributed by atoms with Crippen molar-refractivity contribution >= 4 is 17.5 Å². The summed E-state index contributed by atoms with van der Waals surface area (Å²) in [5.74, 6) is -1.15. The Morgan fingerprint density at radius 2 is 1.65 bits per heavy atom.